The monoisotopic (exact) mass is 438 g/mol. The number of hydrogen-bond donors (Lipinski definition) is 2. The largest absolute Gasteiger partial charge is 0.352 e. The quantitative estimate of drug-likeness (QED) is 0.457. The summed E-state index contributed by atoms with van der Waals surface area (Å²) in [6.07, 6.45) is 6.23. The minimum Gasteiger partial charge on any atom is -0.352 e. The van der Waals surface area contributed by atoms with Crippen LogP contribution >= 0.6 is 0 Å². The van der Waals surface area contributed by atoms with Gasteiger partial charge in [0.05, 0.1) is 17.5 Å². The van der Waals surface area contributed by atoms with E-state index < -0.39 is 11.6 Å². The molecule has 1 saturated carbocycles. The number of fused-ring (bicyclic) bond motifs is 1. The highest BCUT2D eigenvalue weighted by atomic mass is 19.1. The zero-order valence-electron chi connectivity index (χ0n) is 17.3. The van der Waals surface area contributed by atoms with E-state index in [0.29, 0.717) is 29.5 Å². The van der Waals surface area contributed by atoms with Crippen LogP contribution in [-0.4, -0.2) is 26.5 Å². The molecule has 0 spiro atoms. The highest BCUT2D eigenvalue weighted by Crippen LogP contribution is 2.45. The van der Waals surface area contributed by atoms with Gasteiger partial charge in [-0.1, -0.05) is 0 Å². The Hall–Kier alpha value is -3.55. The third-order valence-electron chi connectivity index (χ3n) is 6.24. The summed E-state index contributed by atoms with van der Waals surface area (Å²) in [5.41, 5.74) is 2.35. The summed E-state index contributed by atoms with van der Waals surface area (Å²) in [4.78, 5) is 19.6. The molecular formula is C24H21F3N4O. The zero-order valence-corrected chi connectivity index (χ0v) is 17.3. The Morgan fingerprint density at radius 1 is 1.16 bits per heavy atom. The number of aromatic amines is 1. The Balaban J connectivity index is 1.42. The van der Waals surface area contributed by atoms with Crippen molar-refractivity contribution in [2.45, 2.75) is 37.8 Å². The fourth-order valence-corrected chi connectivity index (χ4v) is 4.44. The van der Waals surface area contributed by atoms with Crippen molar-refractivity contribution >= 4 is 16.8 Å². The van der Waals surface area contributed by atoms with Crippen molar-refractivity contribution in [1.29, 1.82) is 0 Å². The molecule has 8 heteroatoms. The maximum absolute atomic E-state index is 14.5. The van der Waals surface area contributed by atoms with Crippen LogP contribution in [0.2, 0.25) is 0 Å². The molecule has 1 atom stereocenters. The number of H-pyrrole nitrogens is 1. The van der Waals surface area contributed by atoms with E-state index in [1.165, 1.54) is 18.2 Å². The van der Waals surface area contributed by atoms with E-state index in [2.05, 4.69) is 15.3 Å². The molecule has 2 heterocycles. The molecule has 32 heavy (non-hydrogen) atoms. The summed E-state index contributed by atoms with van der Waals surface area (Å²) < 4.78 is 43.7. The van der Waals surface area contributed by atoms with Gasteiger partial charge in [-0.15, -0.1) is 0 Å². The summed E-state index contributed by atoms with van der Waals surface area (Å²) in [5.74, 6) is -1.81. The van der Waals surface area contributed by atoms with E-state index >= 15 is 0 Å². The highest BCUT2D eigenvalue weighted by molar-refractivity contribution is 5.92. The number of amides is 1. The summed E-state index contributed by atoms with van der Waals surface area (Å²) in [7, 11) is 0. The van der Waals surface area contributed by atoms with E-state index in [-0.39, 0.29) is 35.2 Å². The van der Waals surface area contributed by atoms with Crippen LogP contribution in [0.4, 0.5) is 13.2 Å². The molecule has 2 aromatic carbocycles. The lowest BCUT2D eigenvalue weighted by Gasteiger charge is -2.37. The second-order valence-electron chi connectivity index (χ2n) is 8.29. The van der Waals surface area contributed by atoms with Gasteiger partial charge >= 0.3 is 0 Å². The van der Waals surface area contributed by atoms with Crippen LogP contribution in [0.3, 0.4) is 0 Å². The van der Waals surface area contributed by atoms with Crippen LogP contribution < -0.4 is 5.32 Å². The maximum Gasteiger partial charge on any atom is 0.243 e. The molecule has 1 amide bonds. The first-order valence-corrected chi connectivity index (χ1v) is 10.4. The standard InChI is InChI=1S/C24H21F3N4O/c1-13(31-7-6-28-12-31)24(32)29-18-8-15(9-18)21-19-10-17(26)11-20(27)23(19)30-22(21)14-2-4-16(25)5-3-14/h2-7,10-13,15,18,30H,8-9H2,1H3,(H,29,32)/t13-,15?,18?/m1/s1. The van der Waals surface area contributed by atoms with Gasteiger partial charge in [-0.2, -0.15) is 0 Å². The van der Waals surface area contributed by atoms with Gasteiger partial charge in [0.1, 0.15) is 23.5 Å². The number of hydrogen-bond acceptors (Lipinski definition) is 2. The van der Waals surface area contributed by atoms with Crippen LogP contribution in [0.5, 0.6) is 0 Å². The highest BCUT2D eigenvalue weighted by Gasteiger charge is 2.36. The number of nitrogens with zero attached hydrogens (tertiary/aromatic N) is 2. The number of rotatable bonds is 5. The number of carbonyl (C=O) groups is 1. The van der Waals surface area contributed by atoms with Crippen LogP contribution in [0.25, 0.3) is 22.2 Å². The lowest BCUT2D eigenvalue weighted by molar-refractivity contribution is -0.125. The topological polar surface area (TPSA) is 62.7 Å². The first kappa shape index (κ1) is 20.4. The summed E-state index contributed by atoms with van der Waals surface area (Å²) in [5, 5.41) is 3.51. The molecule has 1 aliphatic rings. The number of carbonyl (C=O) groups excluding carboxylic acids is 1. The lowest BCUT2D eigenvalue weighted by Crippen LogP contribution is -2.45. The number of benzene rings is 2. The SMILES string of the molecule is C[C@H](C(=O)NC1CC(c2c(-c3ccc(F)cc3)[nH]c3c(F)cc(F)cc23)C1)n1ccnc1. The molecule has 5 rings (SSSR count). The van der Waals surface area contributed by atoms with Crippen molar-refractivity contribution in [2.24, 2.45) is 0 Å². The summed E-state index contributed by atoms with van der Waals surface area (Å²) in [6.45, 7) is 1.80. The number of nitrogens with one attached hydrogen (secondary N) is 2. The van der Waals surface area contributed by atoms with Crippen LogP contribution in [-0.2, 0) is 4.79 Å². The van der Waals surface area contributed by atoms with Crippen molar-refractivity contribution in [3.8, 4) is 11.3 Å². The Bertz CT molecular complexity index is 1280. The Labute approximate surface area is 182 Å². The lowest BCUT2D eigenvalue weighted by atomic mass is 9.74. The predicted molar refractivity (Wildman–Crippen MR) is 114 cm³/mol. The van der Waals surface area contributed by atoms with Gasteiger partial charge in [0.25, 0.3) is 0 Å². The third kappa shape index (κ3) is 3.55. The molecule has 5 nitrogen and oxygen atoms in total. The maximum atomic E-state index is 14.5. The molecule has 0 bridgehead atoms. The van der Waals surface area contributed by atoms with Gasteiger partial charge in [-0.3, -0.25) is 4.79 Å². The molecule has 1 fully saturated rings. The Morgan fingerprint density at radius 2 is 1.91 bits per heavy atom. The van der Waals surface area contributed by atoms with Crippen molar-refractivity contribution in [3.63, 3.8) is 0 Å². The molecule has 164 valence electrons. The van der Waals surface area contributed by atoms with Crippen molar-refractivity contribution in [2.75, 3.05) is 0 Å². The van der Waals surface area contributed by atoms with E-state index in [1.807, 2.05) is 0 Å². The average Bonchev–Trinajstić information content (AvgIpc) is 3.39. The van der Waals surface area contributed by atoms with Gasteiger partial charge in [0.2, 0.25) is 5.91 Å². The minimum atomic E-state index is -0.673. The summed E-state index contributed by atoms with van der Waals surface area (Å²) in [6, 6.07) is 7.64. The van der Waals surface area contributed by atoms with E-state index in [0.717, 1.165) is 11.6 Å². The van der Waals surface area contributed by atoms with Crippen molar-refractivity contribution in [3.05, 3.63) is 78.1 Å². The minimum absolute atomic E-state index is 0.00106. The fourth-order valence-electron chi connectivity index (χ4n) is 4.44. The Morgan fingerprint density at radius 3 is 2.59 bits per heavy atom. The number of halogens is 3. The average molecular weight is 438 g/mol. The van der Waals surface area contributed by atoms with Gasteiger partial charge in [0, 0.05) is 29.9 Å². The molecule has 0 radical (unpaired) electrons. The molecule has 0 aliphatic heterocycles. The molecule has 0 unspecified atom stereocenters. The Kier molecular flexibility index (Phi) is 5.00. The van der Waals surface area contributed by atoms with Gasteiger partial charge < -0.3 is 14.9 Å². The molecule has 0 saturated heterocycles. The van der Waals surface area contributed by atoms with E-state index in [1.54, 1.807) is 42.3 Å². The van der Waals surface area contributed by atoms with Gasteiger partial charge in [-0.05, 0) is 67.1 Å². The predicted octanol–water partition coefficient (Wildman–Crippen LogP) is 5.07. The molecular weight excluding hydrogens is 417 g/mol. The first-order chi connectivity index (χ1) is 15.4. The number of imidazole rings is 1. The smallest absolute Gasteiger partial charge is 0.243 e. The van der Waals surface area contributed by atoms with E-state index in [9.17, 15) is 18.0 Å². The van der Waals surface area contributed by atoms with E-state index in [4.69, 9.17) is 0 Å². The third-order valence-corrected chi connectivity index (χ3v) is 6.24. The molecule has 2 N–H and O–H groups in total. The fraction of sp³-hybridized carbons (Fsp3) is 0.250. The first-order valence-electron chi connectivity index (χ1n) is 10.4. The van der Waals surface area contributed by atoms with Crippen molar-refractivity contribution < 1.29 is 18.0 Å². The zero-order chi connectivity index (χ0) is 22.4. The second-order valence-corrected chi connectivity index (χ2v) is 8.29. The molecule has 4 aromatic rings. The van der Waals surface area contributed by atoms with Crippen molar-refractivity contribution in [1.82, 2.24) is 19.9 Å². The molecule has 1 aliphatic carbocycles. The van der Waals surface area contributed by atoms with Gasteiger partial charge in [0.15, 0.2) is 0 Å². The molecule has 2 aromatic heterocycles. The van der Waals surface area contributed by atoms with Crippen LogP contribution in [0.15, 0.2) is 55.1 Å². The van der Waals surface area contributed by atoms with Crippen LogP contribution in [0.1, 0.15) is 37.3 Å². The summed E-state index contributed by atoms with van der Waals surface area (Å²) >= 11 is 0. The normalized spacial score (nSPS) is 19.0. The van der Waals surface area contributed by atoms with Crippen LogP contribution in [0, 0.1) is 17.5 Å². The number of aromatic nitrogens is 3. The van der Waals surface area contributed by atoms with Gasteiger partial charge in [-0.25, -0.2) is 18.2 Å². The second kappa shape index (κ2) is 7.85.